The molecular formula is C73H88N2O. The van der Waals surface area contributed by atoms with Crippen molar-refractivity contribution < 1.29 is 4.42 Å². The quantitative estimate of drug-likeness (QED) is 0.159. The Kier molecular flexibility index (Phi) is 11.1. The molecule has 0 radical (unpaired) electrons. The van der Waals surface area contributed by atoms with Gasteiger partial charge < -0.3 is 14.2 Å². The number of hydrogen-bond acceptors (Lipinski definition) is 3. The number of anilines is 6. The van der Waals surface area contributed by atoms with Gasteiger partial charge in [-0.15, -0.1) is 0 Å². The van der Waals surface area contributed by atoms with Gasteiger partial charge in [0, 0.05) is 33.7 Å². The van der Waals surface area contributed by atoms with Crippen LogP contribution in [-0.2, 0) is 48.7 Å². The van der Waals surface area contributed by atoms with Crippen LogP contribution in [0.4, 0.5) is 34.1 Å². The van der Waals surface area contributed by atoms with E-state index < -0.39 is 0 Å². The predicted molar refractivity (Wildman–Crippen MR) is 324 cm³/mol. The Morgan fingerprint density at radius 1 is 0.395 bits per heavy atom. The zero-order valence-electron chi connectivity index (χ0n) is 49.6. The van der Waals surface area contributed by atoms with Gasteiger partial charge in [0.05, 0.1) is 11.4 Å². The van der Waals surface area contributed by atoms with Crippen molar-refractivity contribution in [1.29, 1.82) is 0 Å². The van der Waals surface area contributed by atoms with Crippen LogP contribution < -0.4 is 9.80 Å². The van der Waals surface area contributed by atoms with Gasteiger partial charge in [0.15, 0.2) is 0 Å². The zero-order valence-corrected chi connectivity index (χ0v) is 49.6. The van der Waals surface area contributed by atoms with Crippen LogP contribution in [0, 0.1) is 0 Å². The average Bonchev–Trinajstić information content (AvgIpc) is 4.09. The molecule has 6 aromatic carbocycles. The van der Waals surface area contributed by atoms with E-state index in [0.29, 0.717) is 0 Å². The summed E-state index contributed by atoms with van der Waals surface area (Å²) in [4.78, 5) is 5.26. The third-order valence-electron chi connectivity index (χ3n) is 21.0. The number of hydrogen-bond donors (Lipinski definition) is 0. The number of furan rings is 1. The lowest BCUT2D eigenvalue weighted by molar-refractivity contribution is 0.332. The van der Waals surface area contributed by atoms with Gasteiger partial charge >= 0.3 is 0 Å². The minimum atomic E-state index is -0.182. The molecule has 76 heavy (non-hydrogen) atoms. The lowest BCUT2D eigenvalue weighted by Gasteiger charge is -2.45. The second-order valence-corrected chi connectivity index (χ2v) is 30.5. The van der Waals surface area contributed by atoms with Crippen LogP contribution in [0.5, 0.6) is 0 Å². The molecule has 1 aromatic heterocycles. The summed E-state index contributed by atoms with van der Waals surface area (Å²) in [5.41, 5.74) is 24.2. The van der Waals surface area contributed by atoms with Gasteiger partial charge in [0.1, 0.15) is 11.8 Å². The highest BCUT2D eigenvalue weighted by Crippen LogP contribution is 2.62. The zero-order chi connectivity index (χ0) is 54.1. The summed E-state index contributed by atoms with van der Waals surface area (Å²) < 4.78 is 6.88. The molecule has 0 aliphatic heterocycles. The predicted octanol–water partition coefficient (Wildman–Crippen LogP) is 21.1. The third kappa shape index (κ3) is 7.91. The molecule has 1 saturated carbocycles. The first-order valence-corrected chi connectivity index (χ1v) is 29.3. The maximum Gasteiger partial charge on any atom is 0.136 e. The smallest absolute Gasteiger partial charge is 0.136 e. The topological polar surface area (TPSA) is 19.6 Å². The van der Waals surface area contributed by atoms with E-state index in [4.69, 9.17) is 4.42 Å². The molecule has 3 heteroatoms. The first-order valence-electron chi connectivity index (χ1n) is 29.3. The maximum absolute atomic E-state index is 6.88. The Bertz CT molecular complexity index is 3490. The Balaban J connectivity index is 1.18. The highest BCUT2D eigenvalue weighted by Gasteiger charge is 2.53. The summed E-state index contributed by atoms with van der Waals surface area (Å²) in [6.07, 6.45) is 12.7. The van der Waals surface area contributed by atoms with Gasteiger partial charge in [-0.25, -0.2) is 0 Å². The molecule has 0 spiro atoms. The number of fused-ring (bicyclic) bond motifs is 9. The fourth-order valence-electron chi connectivity index (χ4n) is 15.7. The first kappa shape index (κ1) is 51.2. The fourth-order valence-corrected chi connectivity index (χ4v) is 15.7. The van der Waals surface area contributed by atoms with Crippen LogP contribution in [0.15, 0.2) is 120 Å². The van der Waals surface area contributed by atoms with Gasteiger partial charge in [0.25, 0.3) is 0 Å². The van der Waals surface area contributed by atoms with Crippen LogP contribution >= 0.6 is 0 Å². The number of nitrogens with zero attached hydrogens (tertiary/aromatic N) is 2. The number of rotatable bonds is 7. The molecule has 0 amide bonds. The summed E-state index contributed by atoms with van der Waals surface area (Å²) in [6, 6.07) is 43.9. The third-order valence-corrected chi connectivity index (χ3v) is 21.0. The minimum Gasteiger partial charge on any atom is -0.462 e. The van der Waals surface area contributed by atoms with Crippen LogP contribution in [0.1, 0.15) is 226 Å². The molecule has 1 heterocycles. The highest BCUT2D eigenvalue weighted by molar-refractivity contribution is 5.99. The van der Waals surface area contributed by atoms with E-state index in [1.54, 1.807) is 0 Å². The van der Waals surface area contributed by atoms with E-state index in [2.05, 4.69) is 243 Å². The van der Waals surface area contributed by atoms with Crippen molar-refractivity contribution in [3.63, 3.8) is 0 Å². The van der Waals surface area contributed by atoms with E-state index in [-0.39, 0.29) is 48.7 Å². The van der Waals surface area contributed by atoms with Crippen molar-refractivity contribution in [3.8, 4) is 11.1 Å². The van der Waals surface area contributed by atoms with Crippen molar-refractivity contribution >= 4 is 45.1 Å². The van der Waals surface area contributed by atoms with Crippen molar-refractivity contribution in [1.82, 2.24) is 0 Å². The molecule has 1 fully saturated rings. The Morgan fingerprint density at radius 2 is 0.855 bits per heavy atom. The number of benzene rings is 6. The van der Waals surface area contributed by atoms with Gasteiger partial charge in [-0.1, -0.05) is 166 Å². The van der Waals surface area contributed by atoms with Crippen LogP contribution in [0.25, 0.3) is 22.1 Å². The lowest BCUT2D eigenvalue weighted by Crippen LogP contribution is -2.35. The summed E-state index contributed by atoms with van der Waals surface area (Å²) in [5.74, 6) is 0. The summed E-state index contributed by atoms with van der Waals surface area (Å²) >= 11 is 0. The molecule has 3 nitrogen and oxygen atoms in total. The van der Waals surface area contributed by atoms with Crippen molar-refractivity contribution in [3.05, 3.63) is 166 Å². The molecule has 12 rings (SSSR count). The normalized spacial score (nSPS) is 23.9. The SMILES string of the molecule is CC(C)(C)c1cc(N(c2ccc3c(c2)C(C)(C)CCC3(C)C)c2ccc3c(c2-c2ccccc2)C(C)(C)CCC3(C)C)cc(N(c2ccc3c(c2)C(C)(C)CCC3(C)C)c2coc3cc4c(cc23)C2(C)CCC4(C)C2)c1. The second kappa shape index (κ2) is 16.5. The van der Waals surface area contributed by atoms with E-state index in [1.165, 1.54) is 116 Å². The van der Waals surface area contributed by atoms with Crippen LogP contribution in [0.2, 0.25) is 0 Å². The highest BCUT2D eigenvalue weighted by atomic mass is 16.3. The summed E-state index contributed by atoms with van der Waals surface area (Å²) in [7, 11) is 0. The van der Waals surface area contributed by atoms with E-state index in [9.17, 15) is 0 Å². The molecule has 7 aromatic rings. The standard InChI is InChI=1S/C73H88N2O/c1-65(2,3)47-37-50(74(48-23-25-53-56(40-48)69(10,11)31-29-66(53,4)5)60-28-27-55-64(63(60)46-21-19-18-20-22-46)71(14,15)34-33-68(55,8)9)39-51(38-47)75(49-24-26-54-57(41-49)70(12,13)32-30-67(54,6)7)61-44-76-62-43-59-58(42-52(61)62)72(16)35-36-73(59,17)45-72/h18-28,37-44H,29-36,45H2,1-17H3. The Labute approximate surface area is 457 Å². The first-order chi connectivity index (χ1) is 35.4. The molecular weight excluding hydrogens is 921 g/mol. The van der Waals surface area contributed by atoms with Crippen molar-refractivity contribution in [2.45, 2.75) is 224 Å². The monoisotopic (exact) mass is 1010 g/mol. The Hall–Kier alpha value is -5.54. The molecule has 0 N–H and O–H groups in total. The molecule has 2 bridgehead atoms. The van der Waals surface area contributed by atoms with E-state index in [0.717, 1.165) is 48.3 Å². The average molecular weight is 1010 g/mol. The van der Waals surface area contributed by atoms with Crippen LogP contribution in [0.3, 0.4) is 0 Å². The van der Waals surface area contributed by atoms with Crippen molar-refractivity contribution in [2.24, 2.45) is 0 Å². The molecule has 2 atom stereocenters. The minimum absolute atomic E-state index is 0.0250. The second-order valence-electron chi connectivity index (χ2n) is 30.5. The molecule has 2 unspecified atom stereocenters. The van der Waals surface area contributed by atoms with Crippen LogP contribution in [-0.4, -0.2) is 0 Å². The lowest BCUT2D eigenvalue weighted by atomic mass is 9.61. The van der Waals surface area contributed by atoms with Gasteiger partial charge in [-0.3, -0.25) is 0 Å². The Morgan fingerprint density at radius 3 is 1.38 bits per heavy atom. The fraction of sp³-hybridized carbons (Fsp3) is 0.479. The molecule has 5 aliphatic rings. The molecule has 396 valence electrons. The van der Waals surface area contributed by atoms with Crippen molar-refractivity contribution in [2.75, 3.05) is 9.80 Å². The van der Waals surface area contributed by atoms with E-state index in [1.807, 2.05) is 0 Å². The largest absolute Gasteiger partial charge is 0.462 e. The molecule has 5 aliphatic carbocycles. The molecule has 0 saturated heterocycles. The van der Waals surface area contributed by atoms with Gasteiger partial charge in [-0.05, 0) is 223 Å². The maximum atomic E-state index is 6.88. The summed E-state index contributed by atoms with van der Waals surface area (Å²) in [5, 5.41) is 1.19. The van der Waals surface area contributed by atoms with E-state index >= 15 is 0 Å². The van der Waals surface area contributed by atoms with Gasteiger partial charge in [0.2, 0.25) is 0 Å². The van der Waals surface area contributed by atoms with Gasteiger partial charge in [-0.2, -0.15) is 0 Å². The summed E-state index contributed by atoms with van der Waals surface area (Å²) in [6.45, 7) is 41.8.